The fourth-order valence-electron chi connectivity index (χ4n) is 3.34. The van der Waals surface area contributed by atoms with Crippen LogP contribution in [0, 0.1) is 0 Å². The first-order valence-electron chi connectivity index (χ1n) is 8.32. The molecule has 0 fully saturated rings. The van der Waals surface area contributed by atoms with Gasteiger partial charge in [-0.05, 0) is 18.2 Å². The fraction of sp³-hybridized carbons (Fsp3) is 0. The summed E-state index contributed by atoms with van der Waals surface area (Å²) in [6.45, 7) is 0. The van der Waals surface area contributed by atoms with Gasteiger partial charge in [0.2, 0.25) is 0 Å². The zero-order valence-corrected chi connectivity index (χ0v) is 13.8. The molecule has 0 radical (unpaired) electrons. The number of aromatic nitrogens is 4. The van der Waals surface area contributed by atoms with Crippen LogP contribution in [0.5, 0.6) is 0 Å². The number of rotatable bonds is 2. The third-order valence-electron chi connectivity index (χ3n) is 4.50. The van der Waals surface area contributed by atoms with Crippen LogP contribution in [-0.2, 0) is 0 Å². The molecule has 0 bridgehead atoms. The van der Waals surface area contributed by atoms with Gasteiger partial charge in [0.15, 0.2) is 0 Å². The summed E-state index contributed by atoms with van der Waals surface area (Å²) in [6, 6.07) is 21.3. The van der Waals surface area contributed by atoms with Gasteiger partial charge in [-0.1, -0.05) is 48.5 Å². The van der Waals surface area contributed by atoms with Gasteiger partial charge in [-0.15, -0.1) is 0 Å². The maximum Gasteiger partial charge on any atom is 0.260 e. The zero-order chi connectivity index (χ0) is 17.5. The molecule has 0 aliphatic rings. The molecule has 0 amide bonds. The predicted octanol–water partition coefficient (Wildman–Crippen LogP) is 3.93. The monoisotopic (exact) mass is 338 g/mol. The van der Waals surface area contributed by atoms with E-state index in [2.05, 4.69) is 9.97 Å². The minimum Gasteiger partial charge on any atom is -0.321 e. The molecule has 0 spiro atoms. The number of aromatic amines is 1. The Labute approximate surface area is 148 Å². The lowest BCUT2D eigenvalue weighted by molar-refractivity contribution is 0.914. The summed E-state index contributed by atoms with van der Waals surface area (Å²) in [6.07, 6.45) is 3.45. The molecule has 3 heterocycles. The SMILES string of the molecule is O=c1[nH]c2ccccc2c2c1c(-c1ccccc1)nn2-c1ccncc1. The Kier molecular flexibility index (Phi) is 3.18. The molecule has 124 valence electrons. The van der Waals surface area contributed by atoms with E-state index in [4.69, 9.17) is 5.10 Å². The van der Waals surface area contributed by atoms with Crippen molar-refractivity contribution >= 4 is 21.8 Å². The number of pyridine rings is 2. The van der Waals surface area contributed by atoms with Crippen molar-refractivity contribution in [2.75, 3.05) is 0 Å². The van der Waals surface area contributed by atoms with Crippen LogP contribution < -0.4 is 5.56 Å². The van der Waals surface area contributed by atoms with E-state index in [9.17, 15) is 4.79 Å². The highest BCUT2D eigenvalue weighted by molar-refractivity contribution is 6.08. The summed E-state index contributed by atoms with van der Waals surface area (Å²) in [4.78, 5) is 20.0. The van der Waals surface area contributed by atoms with Gasteiger partial charge in [0.25, 0.3) is 5.56 Å². The minimum absolute atomic E-state index is 0.141. The number of hydrogen-bond acceptors (Lipinski definition) is 3. The summed E-state index contributed by atoms with van der Waals surface area (Å²) in [7, 11) is 0. The van der Waals surface area contributed by atoms with Crippen molar-refractivity contribution in [2.24, 2.45) is 0 Å². The number of nitrogens with zero attached hydrogens (tertiary/aromatic N) is 3. The molecule has 0 saturated carbocycles. The molecule has 0 aliphatic heterocycles. The summed E-state index contributed by atoms with van der Waals surface area (Å²) >= 11 is 0. The molecule has 0 saturated heterocycles. The van der Waals surface area contributed by atoms with E-state index in [1.54, 1.807) is 12.4 Å². The van der Waals surface area contributed by atoms with Crippen molar-refractivity contribution in [1.29, 1.82) is 0 Å². The Balaban J connectivity index is 2.00. The van der Waals surface area contributed by atoms with Gasteiger partial charge in [-0.3, -0.25) is 9.78 Å². The topological polar surface area (TPSA) is 63.6 Å². The molecule has 1 N–H and O–H groups in total. The number of H-pyrrole nitrogens is 1. The zero-order valence-electron chi connectivity index (χ0n) is 13.8. The van der Waals surface area contributed by atoms with Gasteiger partial charge in [-0.2, -0.15) is 5.10 Å². The number of nitrogens with one attached hydrogen (secondary N) is 1. The van der Waals surface area contributed by atoms with E-state index in [1.807, 2.05) is 71.4 Å². The van der Waals surface area contributed by atoms with Crippen LogP contribution in [0.15, 0.2) is 83.9 Å². The first-order valence-corrected chi connectivity index (χ1v) is 8.32. The van der Waals surface area contributed by atoms with Crippen molar-refractivity contribution in [2.45, 2.75) is 0 Å². The number of para-hydroxylation sites is 1. The molecule has 0 unspecified atom stereocenters. The third-order valence-corrected chi connectivity index (χ3v) is 4.50. The first-order chi connectivity index (χ1) is 12.8. The van der Waals surface area contributed by atoms with Crippen LogP contribution in [0.3, 0.4) is 0 Å². The van der Waals surface area contributed by atoms with E-state index in [1.165, 1.54) is 0 Å². The molecule has 2 aromatic carbocycles. The lowest BCUT2D eigenvalue weighted by atomic mass is 10.1. The molecule has 0 aliphatic carbocycles. The van der Waals surface area contributed by atoms with Gasteiger partial charge in [0, 0.05) is 23.3 Å². The Bertz CT molecular complexity index is 1290. The van der Waals surface area contributed by atoms with Crippen LogP contribution in [0.1, 0.15) is 0 Å². The molecule has 3 aromatic heterocycles. The lowest BCUT2D eigenvalue weighted by Crippen LogP contribution is -2.07. The van der Waals surface area contributed by atoms with Gasteiger partial charge in [-0.25, -0.2) is 4.68 Å². The Morgan fingerprint density at radius 1 is 0.846 bits per heavy atom. The van der Waals surface area contributed by atoms with E-state index in [0.29, 0.717) is 11.1 Å². The van der Waals surface area contributed by atoms with Gasteiger partial charge < -0.3 is 4.98 Å². The third kappa shape index (κ3) is 2.14. The van der Waals surface area contributed by atoms with Gasteiger partial charge in [0.05, 0.1) is 22.1 Å². The number of benzene rings is 2. The van der Waals surface area contributed by atoms with E-state index >= 15 is 0 Å². The molecular weight excluding hydrogens is 324 g/mol. The molecule has 26 heavy (non-hydrogen) atoms. The van der Waals surface area contributed by atoms with Crippen molar-refractivity contribution in [3.8, 4) is 16.9 Å². The Morgan fingerprint density at radius 3 is 2.38 bits per heavy atom. The van der Waals surface area contributed by atoms with Crippen LogP contribution in [0.4, 0.5) is 0 Å². The standard InChI is InChI=1S/C21H14N4O/c26-21-18-19(14-6-2-1-3-7-14)24-25(15-10-12-22-13-11-15)20(18)16-8-4-5-9-17(16)23-21/h1-13H,(H,23,26). The maximum absolute atomic E-state index is 12.9. The summed E-state index contributed by atoms with van der Waals surface area (Å²) in [5, 5.41) is 6.35. The second kappa shape index (κ2) is 5.67. The van der Waals surface area contributed by atoms with Gasteiger partial charge in [0.1, 0.15) is 5.69 Å². The molecule has 5 aromatic rings. The van der Waals surface area contributed by atoms with E-state index in [0.717, 1.165) is 27.7 Å². The van der Waals surface area contributed by atoms with Crippen LogP contribution in [-0.4, -0.2) is 19.7 Å². The Morgan fingerprint density at radius 2 is 1.58 bits per heavy atom. The van der Waals surface area contributed by atoms with Crippen LogP contribution >= 0.6 is 0 Å². The van der Waals surface area contributed by atoms with E-state index in [-0.39, 0.29) is 5.56 Å². The highest BCUT2D eigenvalue weighted by Gasteiger charge is 2.19. The summed E-state index contributed by atoms with van der Waals surface area (Å²) < 4.78 is 1.83. The maximum atomic E-state index is 12.9. The van der Waals surface area contributed by atoms with Crippen molar-refractivity contribution in [3.05, 3.63) is 89.5 Å². The number of fused-ring (bicyclic) bond motifs is 3. The normalized spacial score (nSPS) is 11.2. The highest BCUT2D eigenvalue weighted by atomic mass is 16.1. The molecular formula is C21H14N4O. The largest absolute Gasteiger partial charge is 0.321 e. The molecule has 5 rings (SSSR count). The average Bonchev–Trinajstić information content (AvgIpc) is 3.11. The number of hydrogen-bond donors (Lipinski definition) is 1. The first kappa shape index (κ1) is 14.6. The molecule has 5 nitrogen and oxygen atoms in total. The Hall–Kier alpha value is -3.73. The predicted molar refractivity (Wildman–Crippen MR) is 102 cm³/mol. The molecule has 5 heteroatoms. The average molecular weight is 338 g/mol. The highest BCUT2D eigenvalue weighted by Crippen LogP contribution is 2.31. The lowest BCUT2D eigenvalue weighted by Gasteiger charge is -2.05. The second-order valence-corrected chi connectivity index (χ2v) is 6.06. The minimum atomic E-state index is -0.141. The van der Waals surface area contributed by atoms with E-state index < -0.39 is 0 Å². The van der Waals surface area contributed by atoms with Crippen molar-refractivity contribution in [1.82, 2.24) is 19.7 Å². The fourth-order valence-corrected chi connectivity index (χ4v) is 3.34. The van der Waals surface area contributed by atoms with Crippen LogP contribution in [0.2, 0.25) is 0 Å². The smallest absolute Gasteiger partial charge is 0.260 e. The summed E-state index contributed by atoms with van der Waals surface area (Å²) in [5.41, 5.74) is 3.89. The van der Waals surface area contributed by atoms with Gasteiger partial charge >= 0.3 is 0 Å². The van der Waals surface area contributed by atoms with Crippen molar-refractivity contribution in [3.63, 3.8) is 0 Å². The summed E-state index contributed by atoms with van der Waals surface area (Å²) in [5.74, 6) is 0. The molecule has 0 atom stereocenters. The second-order valence-electron chi connectivity index (χ2n) is 6.06. The van der Waals surface area contributed by atoms with Crippen molar-refractivity contribution < 1.29 is 0 Å². The quantitative estimate of drug-likeness (QED) is 0.530. The van der Waals surface area contributed by atoms with Crippen LogP contribution in [0.25, 0.3) is 38.8 Å².